The van der Waals surface area contributed by atoms with Crippen LogP contribution in [0.1, 0.15) is 0 Å². The fraction of sp³-hybridized carbons (Fsp3) is 1.00. The van der Waals surface area contributed by atoms with Crippen molar-refractivity contribution in [2.75, 3.05) is 19.8 Å². The van der Waals surface area contributed by atoms with Gasteiger partial charge in [0.2, 0.25) is 0 Å². The summed E-state index contributed by atoms with van der Waals surface area (Å²) >= 11 is 0. The molecule has 0 amide bonds. The molecular formula is C11H22O15P2. The minimum Gasteiger partial charge on any atom is -0.394 e. The van der Waals surface area contributed by atoms with Gasteiger partial charge in [-0.25, -0.2) is 9.13 Å². The van der Waals surface area contributed by atoms with Gasteiger partial charge in [0, 0.05) is 0 Å². The molecule has 166 valence electrons. The van der Waals surface area contributed by atoms with Crippen molar-refractivity contribution in [2.24, 2.45) is 0 Å². The predicted octanol–water partition coefficient (Wildman–Crippen LogP) is -3.84. The van der Waals surface area contributed by atoms with E-state index in [4.69, 9.17) is 14.6 Å². The molecule has 0 aromatic heterocycles. The molecular weight excluding hydrogens is 434 g/mol. The molecule has 2 rings (SSSR count). The maximum absolute atomic E-state index is 11.9. The van der Waals surface area contributed by atoms with Crippen molar-refractivity contribution in [3.05, 3.63) is 0 Å². The van der Waals surface area contributed by atoms with Gasteiger partial charge in [-0.05, 0) is 0 Å². The zero-order chi connectivity index (χ0) is 21.3. The van der Waals surface area contributed by atoms with Crippen LogP contribution in [0, 0.1) is 0 Å². The van der Waals surface area contributed by atoms with Crippen molar-refractivity contribution in [1.82, 2.24) is 0 Å². The molecule has 0 aliphatic carbocycles. The van der Waals surface area contributed by atoms with Crippen molar-refractivity contribution in [3.63, 3.8) is 0 Å². The van der Waals surface area contributed by atoms with Crippen molar-refractivity contribution in [3.8, 4) is 0 Å². The number of hydrogen-bond donors (Lipinski definition) is 8. The molecule has 15 nitrogen and oxygen atoms in total. The lowest BCUT2D eigenvalue weighted by Crippen LogP contribution is -2.58. The summed E-state index contributed by atoms with van der Waals surface area (Å²) < 4.78 is 46.2. The second kappa shape index (κ2) is 9.39. The Balaban J connectivity index is 1.94. The van der Waals surface area contributed by atoms with Crippen LogP contribution >= 0.6 is 15.6 Å². The Morgan fingerprint density at radius 1 is 0.893 bits per heavy atom. The summed E-state index contributed by atoms with van der Waals surface area (Å²) in [6.07, 6.45) is -13.2. The third-order valence-corrected chi connectivity index (χ3v) is 6.55. The molecule has 0 bridgehead atoms. The largest absolute Gasteiger partial charge is 0.483 e. The molecule has 0 saturated carbocycles. The average Bonchev–Trinajstić information content (AvgIpc) is 2.91. The summed E-state index contributed by atoms with van der Waals surface area (Å²) in [5.74, 6) is 0. The Bertz CT molecular complexity index is 615. The highest BCUT2D eigenvalue weighted by atomic mass is 31.3. The number of phosphoric acid groups is 2. The van der Waals surface area contributed by atoms with E-state index in [1.54, 1.807) is 0 Å². The maximum atomic E-state index is 11.9. The number of aliphatic hydroxyl groups excluding tert-OH is 6. The molecule has 28 heavy (non-hydrogen) atoms. The van der Waals surface area contributed by atoms with Gasteiger partial charge in [0.25, 0.3) is 0 Å². The van der Waals surface area contributed by atoms with Gasteiger partial charge in [-0.2, -0.15) is 4.31 Å². The van der Waals surface area contributed by atoms with E-state index in [2.05, 4.69) is 13.4 Å². The fourth-order valence-electron chi connectivity index (χ4n) is 2.44. The SMILES string of the molecule is O=P(O)(OC[C@H]1OCC(O)[C@H]1O)OP(=O)(O)OC1OC(CO)C(O)C(O)C1O. The van der Waals surface area contributed by atoms with E-state index in [0.717, 1.165) is 0 Å². The third kappa shape index (κ3) is 5.98. The minimum atomic E-state index is -5.44. The van der Waals surface area contributed by atoms with E-state index < -0.39 is 77.9 Å². The maximum Gasteiger partial charge on any atom is 0.483 e. The molecule has 2 aliphatic heterocycles. The van der Waals surface area contributed by atoms with Crippen molar-refractivity contribution < 1.29 is 72.4 Å². The Hall–Kier alpha value is -0.0600. The zero-order valence-corrected chi connectivity index (χ0v) is 15.9. The molecule has 0 aromatic carbocycles. The van der Waals surface area contributed by atoms with E-state index in [1.807, 2.05) is 0 Å². The molecule has 0 spiro atoms. The Labute approximate surface area is 157 Å². The Kier molecular flexibility index (Phi) is 8.12. The normalized spacial score (nSPS) is 43.4. The predicted molar refractivity (Wildman–Crippen MR) is 83.3 cm³/mol. The van der Waals surface area contributed by atoms with Gasteiger partial charge in [0.1, 0.15) is 42.7 Å². The summed E-state index contributed by atoms with van der Waals surface area (Å²) in [7, 11) is -10.7. The van der Waals surface area contributed by atoms with Gasteiger partial charge in [0.15, 0.2) is 6.29 Å². The number of aliphatic hydroxyl groups is 6. The summed E-state index contributed by atoms with van der Waals surface area (Å²) in [6.45, 7) is -1.89. The third-order valence-electron chi connectivity index (χ3n) is 3.95. The first kappa shape index (κ1) is 24.2. The molecule has 2 aliphatic rings. The number of phosphoric ester groups is 2. The zero-order valence-electron chi connectivity index (χ0n) is 14.1. The first-order chi connectivity index (χ1) is 12.9. The first-order valence-electron chi connectivity index (χ1n) is 7.85. The first-order valence-corrected chi connectivity index (χ1v) is 10.8. The van der Waals surface area contributed by atoms with Gasteiger partial charge in [-0.1, -0.05) is 0 Å². The van der Waals surface area contributed by atoms with Gasteiger partial charge in [-0.3, -0.25) is 9.05 Å². The summed E-state index contributed by atoms with van der Waals surface area (Å²) in [6, 6.07) is 0. The van der Waals surface area contributed by atoms with Crippen LogP contribution in [0.25, 0.3) is 0 Å². The molecule has 2 saturated heterocycles. The topological polar surface area (TPSA) is 242 Å². The van der Waals surface area contributed by atoms with Gasteiger partial charge < -0.3 is 49.9 Å². The molecule has 0 radical (unpaired) electrons. The molecule has 8 N–H and O–H groups in total. The highest BCUT2D eigenvalue weighted by molar-refractivity contribution is 7.61. The monoisotopic (exact) mass is 456 g/mol. The van der Waals surface area contributed by atoms with E-state index in [1.165, 1.54) is 0 Å². The summed E-state index contributed by atoms with van der Waals surface area (Å²) in [5, 5.41) is 56.7. The van der Waals surface area contributed by atoms with Crippen molar-refractivity contribution in [2.45, 2.75) is 49.0 Å². The van der Waals surface area contributed by atoms with Crippen molar-refractivity contribution in [1.29, 1.82) is 0 Å². The summed E-state index contributed by atoms with van der Waals surface area (Å²) in [4.78, 5) is 19.1. The number of rotatable bonds is 8. The van der Waals surface area contributed by atoms with E-state index in [9.17, 15) is 44.4 Å². The Morgan fingerprint density at radius 3 is 2.07 bits per heavy atom. The van der Waals surface area contributed by atoms with Gasteiger partial charge in [0.05, 0.1) is 19.8 Å². The van der Waals surface area contributed by atoms with Crippen LogP contribution in [-0.4, -0.2) is 109 Å². The van der Waals surface area contributed by atoms with Crippen LogP contribution < -0.4 is 0 Å². The van der Waals surface area contributed by atoms with Gasteiger partial charge >= 0.3 is 15.6 Å². The lowest BCUT2D eigenvalue weighted by molar-refractivity contribution is -0.280. The van der Waals surface area contributed by atoms with Crippen LogP contribution in [0.4, 0.5) is 0 Å². The number of hydrogen-bond acceptors (Lipinski definition) is 13. The smallest absolute Gasteiger partial charge is 0.394 e. The quantitative estimate of drug-likeness (QED) is 0.163. The van der Waals surface area contributed by atoms with Crippen LogP contribution in [-0.2, 0) is 32.0 Å². The molecule has 0 aromatic rings. The number of ether oxygens (including phenoxy) is 2. The molecule has 17 heteroatoms. The highest BCUT2D eigenvalue weighted by Gasteiger charge is 2.48. The van der Waals surface area contributed by atoms with Gasteiger partial charge in [-0.15, -0.1) is 0 Å². The standard InChI is InChI=1S/C11H22O15P2/c12-1-5-8(15)9(16)10(17)11(24-5)25-28(20,21)26-27(18,19)23-3-6-7(14)4(13)2-22-6/h4-17H,1-3H2,(H,18,19)(H,20,21)/t4?,5?,6-,7-,8?,9?,10?,11?/m1/s1. The van der Waals surface area contributed by atoms with Crippen LogP contribution in [0.5, 0.6) is 0 Å². The van der Waals surface area contributed by atoms with Crippen LogP contribution in [0.15, 0.2) is 0 Å². The summed E-state index contributed by atoms with van der Waals surface area (Å²) in [5.41, 5.74) is 0. The fourth-order valence-corrected chi connectivity index (χ4v) is 4.60. The van der Waals surface area contributed by atoms with Crippen LogP contribution in [0.2, 0.25) is 0 Å². The second-order valence-electron chi connectivity index (χ2n) is 6.05. The van der Waals surface area contributed by atoms with Crippen LogP contribution in [0.3, 0.4) is 0 Å². The second-order valence-corrected chi connectivity index (χ2v) is 9.04. The highest BCUT2D eigenvalue weighted by Crippen LogP contribution is 2.61. The molecule has 2 fully saturated rings. The minimum absolute atomic E-state index is 0.259. The van der Waals surface area contributed by atoms with E-state index in [0.29, 0.717) is 0 Å². The molecule has 10 atom stereocenters. The molecule has 2 heterocycles. The molecule has 8 unspecified atom stereocenters. The van der Waals surface area contributed by atoms with Crippen molar-refractivity contribution >= 4 is 15.6 Å². The lowest BCUT2D eigenvalue weighted by atomic mass is 10.00. The lowest BCUT2D eigenvalue weighted by Gasteiger charge is -2.39. The Morgan fingerprint density at radius 2 is 1.54 bits per heavy atom. The van der Waals surface area contributed by atoms with E-state index in [-0.39, 0.29) is 6.61 Å². The average molecular weight is 456 g/mol. The van der Waals surface area contributed by atoms with E-state index >= 15 is 0 Å².